The van der Waals surface area contributed by atoms with E-state index in [4.69, 9.17) is 10.00 Å². The van der Waals surface area contributed by atoms with Gasteiger partial charge in [0, 0.05) is 18.4 Å². The van der Waals surface area contributed by atoms with Crippen molar-refractivity contribution in [3.8, 4) is 17.5 Å². The Kier molecular flexibility index (Phi) is 3.90. The third-order valence-electron chi connectivity index (χ3n) is 4.55. The van der Waals surface area contributed by atoms with Gasteiger partial charge in [-0.15, -0.1) is 0 Å². The van der Waals surface area contributed by atoms with Crippen LogP contribution in [-0.2, 0) is 4.79 Å². The number of hydrogen-bond donors (Lipinski definition) is 1. The molecule has 1 amide bonds. The van der Waals surface area contributed by atoms with Crippen LogP contribution in [0.5, 0.6) is 5.75 Å². The zero-order chi connectivity index (χ0) is 18.1. The first kappa shape index (κ1) is 15.9. The fourth-order valence-electron chi connectivity index (χ4n) is 3.23. The predicted octanol–water partition coefficient (Wildman–Crippen LogP) is 3.23. The van der Waals surface area contributed by atoms with Crippen molar-refractivity contribution in [1.82, 2.24) is 9.55 Å². The van der Waals surface area contributed by atoms with Gasteiger partial charge in [0.25, 0.3) is 0 Å². The number of rotatable bonds is 3. The topological polar surface area (TPSA) is 79.9 Å². The molecule has 0 saturated heterocycles. The number of carbonyl (C=O) groups excluding carboxylic acids is 1. The number of fused-ring (bicyclic) bond motifs is 1. The molecule has 1 unspecified atom stereocenters. The Balaban J connectivity index is 1.78. The monoisotopic (exact) mass is 344 g/mol. The van der Waals surface area contributed by atoms with E-state index >= 15 is 0 Å². The second kappa shape index (κ2) is 6.37. The Morgan fingerprint density at radius 3 is 2.81 bits per heavy atom. The van der Waals surface area contributed by atoms with Crippen LogP contribution in [0.3, 0.4) is 0 Å². The minimum atomic E-state index is -0.140. The molecule has 0 fully saturated rings. The third kappa shape index (κ3) is 2.70. The average Bonchev–Trinajstić information content (AvgIpc) is 3.11. The molecule has 1 aromatic heterocycles. The van der Waals surface area contributed by atoms with Crippen LogP contribution < -0.4 is 10.1 Å². The summed E-state index contributed by atoms with van der Waals surface area (Å²) in [5.74, 6) is 1.20. The summed E-state index contributed by atoms with van der Waals surface area (Å²) in [4.78, 5) is 16.9. The number of methoxy groups -OCH3 is 1. The highest BCUT2D eigenvalue weighted by molar-refractivity contribution is 5.94. The van der Waals surface area contributed by atoms with Crippen LogP contribution in [0, 0.1) is 11.3 Å². The summed E-state index contributed by atoms with van der Waals surface area (Å²) >= 11 is 0. The van der Waals surface area contributed by atoms with E-state index in [1.807, 2.05) is 41.0 Å². The number of ether oxygens (including phenoxy) is 1. The highest BCUT2D eigenvalue weighted by Crippen LogP contribution is 2.37. The molecular weight excluding hydrogens is 328 g/mol. The van der Waals surface area contributed by atoms with Gasteiger partial charge >= 0.3 is 0 Å². The van der Waals surface area contributed by atoms with Crippen molar-refractivity contribution >= 4 is 11.7 Å². The molecule has 4 rings (SSSR count). The molecule has 2 heterocycles. The van der Waals surface area contributed by atoms with Crippen molar-refractivity contribution in [3.05, 3.63) is 71.7 Å². The summed E-state index contributed by atoms with van der Waals surface area (Å²) in [6.07, 6.45) is 2.04. The van der Waals surface area contributed by atoms with Gasteiger partial charge in [-0.2, -0.15) is 5.26 Å². The lowest BCUT2D eigenvalue weighted by Gasteiger charge is -2.23. The number of amides is 1. The summed E-state index contributed by atoms with van der Waals surface area (Å²) in [6.45, 7) is 0. The smallest absolute Gasteiger partial charge is 0.226 e. The number of carbonyl (C=O) groups is 1. The van der Waals surface area contributed by atoms with Crippen LogP contribution in [0.15, 0.2) is 54.9 Å². The van der Waals surface area contributed by atoms with Crippen LogP contribution in [0.1, 0.15) is 29.2 Å². The molecule has 6 nitrogen and oxygen atoms in total. The van der Waals surface area contributed by atoms with Crippen molar-refractivity contribution in [3.63, 3.8) is 0 Å². The number of anilines is 1. The summed E-state index contributed by atoms with van der Waals surface area (Å²) in [5, 5.41) is 11.9. The van der Waals surface area contributed by atoms with E-state index < -0.39 is 0 Å². The van der Waals surface area contributed by atoms with Crippen LogP contribution in [-0.4, -0.2) is 22.6 Å². The molecule has 1 aliphatic heterocycles. The van der Waals surface area contributed by atoms with E-state index in [1.54, 1.807) is 25.6 Å². The number of nitrogens with one attached hydrogen (secondary N) is 1. The molecule has 26 heavy (non-hydrogen) atoms. The quantitative estimate of drug-likeness (QED) is 0.791. The molecule has 0 saturated carbocycles. The molecule has 0 aliphatic carbocycles. The second-order valence-corrected chi connectivity index (χ2v) is 6.09. The Morgan fingerprint density at radius 1 is 1.27 bits per heavy atom. The fraction of sp³-hybridized carbons (Fsp3) is 0.150. The average molecular weight is 344 g/mol. The normalized spacial score (nSPS) is 15.7. The van der Waals surface area contributed by atoms with Crippen LogP contribution in [0.4, 0.5) is 5.82 Å². The van der Waals surface area contributed by atoms with Crippen molar-refractivity contribution in [2.75, 3.05) is 12.4 Å². The van der Waals surface area contributed by atoms with Crippen molar-refractivity contribution in [2.45, 2.75) is 12.3 Å². The van der Waals surface area contributed by atoms with Gasteiger partial charge < -0.3 is 10.1 Å². The molecule has 0 spiro atoms. The van der Waals surface area contributed by atoms with E-state index in [2.05, 4.69) is 16.4 Å². The van der Waals surface area contributed by atoms with Gasteiger partial charge in [0.1, 0.15) is 17.9 Å². The van der Waals surface area contributed by atoms with Gasteiger partial charge in [-0.05, 0) is 29.8 Å². The summed E-state index contributed by atoms with van der Waals surface area (Å²) in [6, 6.07) is 17.0. The zero-order valence-electron chi connectivity index (χ0n) is 14.1. The van der Waals surface area contributed by atoms with Crippen molar-refractivity contribution < 1.29 is 9.53 Å². The van der Waals surface area contributed by atoms with E-state index in [0.717, 1.165) is 22.7 Å². The Morgan fingerprint density at radius 2 is 2.08 bits per heavy atom. The van der Waals surface area contributed by atoms with Gasteiger partial charge in [-0.25, -0.2) is 4.98 Å². The van der Waals surface area contributed by atoms with Crippen LogP contribution in [0.2, 0.25) is 0 Å². The van der Waals surface area contributed by atoms with Gasteiger partial charge in [0.05, 0.1) is 30.1 Å². The van der Waals surface area contributed by atoms with Crippen molar-refractivity contribution in [1.29, 1.82) is 5.26 Å². The molecule has 128 valence electrons. The van der Waals surface area contributed by atoms with Gasteiger partial charge in [0.15, 0.2) is 0 Å². The Bertz CT molecular complexity index is 1020. The first-order chi connectivity index (χ1) is 12.7. The number of imidazole rings is 1. The highest BCUT2D eigenvalue weighted by atomic mass is 16.5. The van der Waals surface area contributed by atoms with E-state index in [1.165, 1.54) is 0 Å². The molecule has 2 aromatic carbocycles. The lowest BCUT2D eigenvalue weighted by molar-refractivity contribution is -0.116. The Labute approximate surface area is 150 Å². The maximum atomic E-state index is 12.3. The molecule has 3 aromatic rings. The summed E-state index contributed by atoms with van der Waals surface area (Å²) in [7, 11) is 1.62. The predicted molar refractivity (Wildman–Crippen MR) is 96.4 cm³/mol. The molecule has 0 bridgehead atoms. The first-order valence-electron chi connectivity index (χ1n) is 8.21. The van der Waals surface area contributed by atoms with Crippen LogP contribution >= 0.6 is 0 Å². The maximum absolute atomic E-state index is 12.3. The number of benzene rings is 2. The summed E-state index contributed by atoms with van der Waals surface area (Å²) < 4.78 is 7.14. The van der Waals surface area contributed by atoms with Gasteiger partial charge in [-0.1, -0.05) is 18.2 Å². The van der Waals surface area contributed by atoms with Crippen molar-refractivity contribution in [2.24, 2.45) is 0 Å². The standard InChI is InChI=1S/C20H16N4O2/c1-26-16-4-2-3-15(9-16)24-12-22-19-17(10-18(25)23-20(19)24)14-7-5-13(11-21)6-8-14/h2-9,12,17H,10H2,1H3,(H,23,25). The number of nitrogens with zero attached hydrogens (tertiary/aromatic N) is 3. The fourth-order valence-corrected chi connectivity index (χ4v) is 3.23. The first-order valence-corrected chi connectivity index (χ1v) is 8.21. The van der Waals surface area contributed by atoms with E-state index in [9.17, 15) is 4.79 Å². The van der Waals surface area contributed by atoms with Gasteiger partial charge in [-0.3, -0.25) is 9.36 Å². The zero-order valence-corrected chi connectivity index (χ0v) is 14.1. The Hall–Kier alpha value is -3.59. The van der Waals surface area contributed by atoms with E-state index in [0.29, 0.717) is 17.8 Å². The molecule has 0 radical (unpaired) electrons. The largest absolute Gasteiger partial charge is 0.497 e. The second-order valence-electron chi connectivity index (χ2n) is 6.09. The van der Waals surface area contributed by atoms with Gasteiger partial charge in [0.2, 0.25) is 5.91 Å². The summed E-state index contributed by atoms with van der Waals surface area (Å²) in [5.41, 5.74) is 3.24. The number of aromatic nitrogens is 2. The van der Waals surface area contributed by atoms with Crippen LogP contribution in [0.25, 0.3) is 5.69 Å². The molecule has 1 atom stereocenters. The van der Waals surface area contributed by atoms with E-state index in [-0.39, 0.29) is 11.8 Å². The minimum absolute atomic E-state index is 0.0588. The SMILES string of the molecule is COc1cccc(-n2cnc3c2NC(=O)CC3c2ccc(C#N)cc2)c1. The highest BCUT2D eigenvalue weighted by Gasteiger charge is 2.31. The number of hydrogen-bond acceptors (Lipinski definition) is 4. The maximum Gasteiger partial charge on any atom is 0.226 e. The third-order valence-corrected chi connectivity index (χ3v) is 4.55. The minimum Gasteiger partial charge on any atom is -0.497 e. The molecule has 1 N–H and O–H groups in total. The number of nitriles is 1. The molecule has 6 heteroatoms. The molecular formula is C20H16N4O2. The lowest BCUT2D eigenvalue weighted by Crippen LogP contribution is -2.24. The molecule has 1 aliphatic rings. The lowest BCUT2D eigenvalue weighted by atomic mass is 9.89.